The minimum absolute atomic E-state index is 0.0466. The number of amides is 1. The average molecular weight is 305 g/mol. The molecule has 5 heteroatoms. The van der Waals surface area contributed by atoms with E-state index < -0.39 is 12.1 Å². The van der Waals surface area contributed by atoms with E-state index in [1.54, 1.807) is 0 Å². The van der Waals surface area contributed by atoms with Crippen LogP contribution in [0.1, 0.15) is 53.9 Å². The first kappa shape index (κ1) is 16.5. The van der Waals surface area contributed by atoms with Crippen LogP contribution in [0.3, 0.4) is 0 Å². The van der Waals surface area contributed by atoms with Gasteiger partial charge in [-0.2, -0.15) is 0 Å². The summed E-state index contributed by atoms with van der Waals surface area (Å²) in [5.74, 6) is -0.760. The average Bonchev–Trinajstić information content (AvgIpc) is 2.56. The quantitative estimate of drug-likeness (QED) is 0.847. The molecule has 1 aliphatic rings. The Morgan fingerprint density at radius 3 is 2.41 bits per heavy atom. The fourth-order valence-electron chi connectivity index (χ4n) is 2.90. The van der Waals surface area contributed by atoms with Gasteiger partial charge in [0.1, 0.15) is 0 Å². The Hall–Kier alpha value is -1.88. The van der Waals surface area contributed by atoms with E-state index in [4.69, 9.17) is 9.84 Å². The summed E-state index contributed by atoms with van der Waals surface area (Å²) < 4.78 is 4.78. The lowest BCUT2D eigenvalue weighted by atomic mass is 9.84. The molecule has 2 N–H and O–H groups in total. The topological polar surface area (TPSA) is 75.6 Å². The van der Waals surface area contributed by atoms with Gasteiger partial charge in [0.2, 0.25) is 0 Å². The molecule has 120 valence electrons. The number of aliphatic carboxylic acids is 1. The van der Waals surface area contributed by atoms with Crippen LogP contribution >= 0.6 is 0 Å². The first-order valence-electron chi connectivity index (χ1n) is 7.75. The smallest absolute Gasteiger partial charge is 0.334 e. The van der Waals surface area contributed by atoms with E-state index >= 15 is 0 Å². The van der Waals surface area contributed by atoms with Crippen molar-refractivity contribution in [3.8, 4) is 0 Å². The first-order chi connectivity index (χ1) is 10.6. The van der Waals surface area contributed by atoms with E-state index in [0.717, 1.165) is 0 Å². The molecule has 2 rings (SSSR count). The highest BCUT2D eigenvalue weighted by Crippen LogP contribution is 2.32. The van der Waals surface area contributed by atoms with Crippen LogP contribution in [0.2, 0.25) is 0 Å². The van der Waals surface area contributed by atoms with E-state index in [-0.39, 0.29) is 12.5 Å². The van der Waals surface area contributed by atoms with Crippen LogP contribution in [0.25, 0.3) is 0 Å². The standard InChI is InChI=1S/C17H23NO4/c1-22-15(17(20)21)11-18-16(19)14-9-7-13(8-10-14)12-5-3-2-4-6-12/h7-10,12,15H,2-6,11H2,1H3,(H,18,19)(H,20,21). The summed E-state index contributed by atoms with van der Waals surface area (Å²) in [6.07, 6.45) is 5.30. The molecule has 1 aromatic carbocycles. The minimum Gasteiger partial charge on any atom is -0.479 e. The molecule has 0 heterocycles. The predicted molar refractivity (Wildman–Crippen MR) is 83.0 cm³/mol. The van der Waals surface area contributed by atoms with Gasteiger partial charge in [-0.05, 0) is 36.5 Å². The third-order valence-electron chi connectivity index (χ3n) is 4.26. The zero-order valence-electron chi connectivity index (χ0n) is 12.9. The van der Waals surface area contributed by atoms with Crippen LogP contribution in [0.5, 0.6) is 0 Å². The highest BCUT2D eigenvalue weighted by atomic mass is 16.5. The summed E-state index contributed by atoms with van der Waals surface area (Å²) in [7, 11) is 1.31. The number of methoxy groups -OCH3 is 1. The number of hydrogen-bond donors (Lipinski definition) is 2. The lowest BCUT2D eigenvalue weighted by Crippen LogP contribution is -2.37. The van der Waals surface area contributed by atoms with Crippen molar-refractivity contribution in [3.05, 3.63) is 35.4 Å². The van der Waals surface area contributed by atoms with Crippen molar-refractivity contribution < 1.29 is 19.4 Å². The number of ether oxygens (including phenoxy) is 1. The lowest BCUT2D eigenvalue weighted by molar-refractivity contribution is -0.148. The van der Waals surface area contributed by atoms with Gasteiger partial charge in [0.25, 0.3) is 5.91 Å². The monoisotopic (exact) mass is 305 g/mol. The fourth-order valence-corrected chi connectivity index (χ4v) is 2.90. The number of carbonyl (C=O) groups excluding carboxylic acids is 1. The molecule has 0 aliphatic heterocycles. The molecule has 1 atom stereocenters. The second-order valence-electron chi connectivity index (χ2n) is 5.73. The van der Waals surface area contributed by atoms with E-state index in [0.29, 0.717) is 11.5 Å². The molecule has 0 bridgehead atoms. The Morgan fingerprint density at radius 1 is 1.23 bits per heavy atom. The summed E-state index contributed by atoms with van der Waals surface area (Å²) in [6, 6.07) is 7.63. The van der Waals surface area contributed by atoms with Crippen molar-refractivity contribution in [1.29, 1.82) is 0 Å². The number of rotatable bonds is 6. The second-order valence-corrected chi connectivity index (χ2v) is 5.73. The Balaban J connectivity index is 1.91. The maximum Gasteiger partial charge on any atom is 0.334 e. The van der Waals surface area contributed by atoms with Crippen LogP contribution in [0, 0.1) is 0 Å². The molecule has 1 aliphatic carbocycles. The molecule has 1 amide bonds. The number of benzene rings is 1. The summed E-state index contributed by atoms with van der Waals surface area (Å²) in [6.45, 7) is -0.0466. The molecular formula is C17H23NO4. The van der Waals surface area contributed by atoms with Crippen LogP contribution in [0.4, 0.5) is 0 Å². The van der Waals surface area contributed by atoms with Gasteiger partial charge >= 0.3 is 5.97 Å². The Morgan fingerprint density at radius 2 is 1.86 bits per heavy atom. The van der Waals surface area contributed by atoms with Crippen molar-refractivity contribution >= 4 is 11.9 Å². The largest absolute Gasteiger partial charge is 0.479 e. The maximum atomic E-state index is 12.0. The number of hydrogen-bond acceptors (Lipinski definition) is 3. The molecule has 1 fully saturated rings. The van der Waals surface area contributed by atoms with Gasteiger partial charge in [-0.1, -0.05) is 31.4 Å². The highest BCUT2D eigenvalue weighted by Gasteiger charge is 2.18. The minimum atomic E-state index is -1.09. The molecule has 0 aromatic heterocycles. The van der Waals surface area contributed by atoms with E-state index in [9.17, 15) is 9.59 Å². The zero-order valence-corrected chi connectivity index (χ0v) is 12.9. The summed E-state index contributed by atoms with van der Waals surface area (Å²) in [4.78, 5) is 22.8. The zero-order chi connectivity index (χ0) is 15.9. The Kier molecular flexibility index (Phi) is 5.95. The Labute approximate surface area is 130 Å². The molecule has 1 unspecified atom stereocenters. The first-order valence-corrected chi connectivity index (χ1v) is 7.75. The summed E-state index contributed by atoms with van der Waals surface area (Å²) >= 11 is 0. The molecular weight excluding hydrogens is 282 g/mol. The second kappa shape index (κ2) is 7.94. The predicted octanol–water partition coefficient (Wildman–Crippen LogP) is 2.56. The maximum absolute atomic E-state index is 12.0. The van der Waals surface area contributed by atoms with Gasteiger partial charge in [-0.3, -0.25) is 4.79 Å². The number of carboxylic acid groups (broad SMARTS) is 1. The van der Waals surface area contributed by atoms with E-state index in [2.05, 4.69) is 5.32 Å². The molecule has 5 nitrogen and oxygen atoms in total. The number of carboxylic acids is 1. The molecule has 0 radical (unpaired) electrons. The summed E-state index contributed by atoms with van der Waals surface area (Å²) in [5, 5.41) is 11.4. The van der Waals surface area contributed by atoms with Crippen LogP contribution in [-0.4, -0.2) is 36.7 Å². The van der Waals surface area contributed by atoms with Gasteiger partial charge in [0, 0.05) is 12.7 Å². The molecule has 0 saturated heterocycles. The molecule has 1 aromatic rings. The Bertz CT molecular complexity index is 506. The molecule has 1 saturated carbocycles. The van der Waals surface area contributed by atoms with Gasteiger partial charge in [0.05, 0.1) is 6.54 Å². The van der Waals surface area contributed by atoms with Gasteiger partial charge in [-0.25, -0.2) is 4.79 Å². The van der Waals surface area contributed by atoms with Gasteiger partial charge < -0.3 is 15.2 Å². The number of nitrogens with one attached hydrogen (secondary N) is 1. The van der Waals surface area contributed by atoms with Crippen molar-refractivity contribution in [3.63, 3.8) is 0 Å². The van der Waals surface area contributed by atoms with Crippen LogP contribution in [-0.2, 0) is 9.53 Å². The van der Waals surface area contributed by atoms with Gasteiger partial charge in [0.15, 0.2) is 6.10 Å². The molecule has 22 heavy (non-hydrogen) atoms. The normalized spacial score (nSPS) is 17.0. The van der Waals surface area contributed by atoms with Crippen LogP contribution < -0.4 is 5.32 Å². The third kappa shape index (κ3) is 4.31. The SMILES string of the molecule is COC(CNC(=O)c1ccc(C2CCCCC2)cc1)C(=O)O. The molecule has 0 spiro atoms. The number of carbonyl (C=O) groups is 2. The summed E-state index contributed by atoms with van der Waals surface area (Å²) in [5.41, 5.74) is 1.83. The van der Waals surface area contributed by atoms with Crippen LogP contribution in [0.15, 0.2) is 24.3 Å². The van der Waals surface area contributed by atoms with Crippen molar-refractivity contribution in [2.45, 2.75) is 44.1 Å². The van der Waals surface area contributed by atoms with Crippen molar-refractivity contribution in [2.75, 3.05) is 13.7 Å². The van der Waals surface area contributed by atoms with E-state index in [1.807, 2.05) is 24.3 Å². The highest BCUT2D eigenvalue weighted by molar-refractivity contribution is 5.94. The third-order valence-corrected chi connectivity index (χ3v) is 4.26. The van der Waals surface area contributed by atoms with Crippen molar-refractivity contribution in [1.82, 2.24) is 5.32 Å². The lowest BCUT2D eigenvalue weighted by Gasteiger charge is -2.22. The van der Waals surface area contributed by atoms with Crippen molar-refractivity contribution in [2.24, 2.45) is 0 Å². The van der Waals surface area contributed by atoms with Gasteiger partial charge in [-0.15, -0.1) is 0 Å². The van der Waals surface area contributed by atoms with E-state index in [1.165, 1.54) is 44.8 Å². The fraction of sp³-hybridized carbons (Fsp3) is 0.529.